The van der Waals surface area contributed by atoms with Crippen molar-refractivity contribution in [2.24, 2.45) is 5.92 Å². The highest BCUT2D eigenvalue weighted by Gasteiger charge is 2.27. The molecule has 0 spiro atoms. The number of aryl methyl sites for hydroxylation is 1. The van der Waals surface area contributed by atoms with Gasteiger partial charge in [0.25, 0.3) is 5.91 Å². The van der Waals surface area contributed by atoms with E-state index in [1.54, 1.807) is 29.2 Å². The molecule has 1 heterocycles. The van der Waals surface area contributed by atoms with Gasteiger partial charge in [-0.2, -0.15) is 0 Å². The van der Waals surface area contributed by atoms with E-state index in [0.29, 0.717) is 43.6 Å². The van der Waals surface area contributed by atoms with E-state index in [4.69, 9.17) is 5.11 Å². The van der Waals surface area contributed by atoms with Crippen LogP contribution in [0.4, 0.5) is 5.69 Å². The molecule has 2 aromatic rings. The van der Waals surface area contributed by atoms with Crippen molar-refractivity contribution in [2.75, 3.05) is 18.4 Å². The van der Waals surface area contributed by atoms with E-state index < -0.39 is 5.97 Å². The normalized spacial score (nSPS) is 14.4. The highest BCUT2D eigenvalue weighted by atomic mass is 16.4. The van der Waals surface area contributed by atoms with Gasteiger partial charge in [-0.25, -0.2) is 0 Å². The third kappa shape index (κ3) is 5.44. The second-order valence-corrected chi connectivity index (χ2v) is 7.38. The van der Waals surface area contributed by atoms with Crippen LogP contribution < -0.4 is 5.32 Å². The number of aliphatic carboxylic acids is 1. The molecule has 2 aromatic carbocycles. The smallest absolute Gasteiger partial charge is 0.306 e. The molecule has 29 heavy (non-hydrogen) atoms. The Kier molecular flexibility index (Phi) is 6.65. The fourth-order valence-electron chi connectivity index (χ4n) is 3.49. The molecule has 1 fully saturated rings. The summed E-state index contributed by atoms with van der Waals surface area (Å²) in [6.45, 7) is 2.99. The molecular weight excluding hydrogens is 368 g/mol. The minimum Gasteiger partial charge on any atom is -0.481 e. The predicted molar refractivity (Wildman–Crippen MR) is 111 cm³/mol. The van der Waals surface area contributed by atoms with E-state index >= 15 is 0 Å². The first-order valence-corrected chi connectivity index (χ1v) is 9.96. The molecule has 1 aliphatic rings. The maximum Gasteiger partial charge on any atom is 0.306 e. The van der Waals surface area contributed by atoms with Crippen LogP contribution >= 0.6 is 0 Å². The summed E-state index contributed by atoms with van der Waals surface area (Å²) in [5.74, 6) is -1.37. The van der Waals surface area contributed by atoms with Crippen molar-refractivity contribution in [1.29, 1.82) is 0 Å². The maximum absolute atomic E-state index is 12.6. The number of nitrogens with zero attached hydrogens (tertiary/aromatic N) is 1. The zero-order chi connectivity index (χ0) is 20.8. The summed E-state index contributed by atoms with van der Waals surface area (Å²) >= 11 is 0. The zero-order valence-electron chi connectivity index (χ0n) is 16.6. The third-order valence-corrected chi connectivity index (χ3v) is 5.34. The Balaban J connectivity index is 1.53. The average Bonchev–Trinajstić information content (AvgIpc) is 2.74. The van der Waals surface area contributed by atoms with Crippen LogP contribution in [0.25, 0.3) is 0 Å². The minimum atomic E-state index is -0.793. The zero-order valence-corrected chi connectivity index (χ0v) is 16.6. The quantitative estimate of drug-likeness (QED) is 0.786. The summed E-state index contributed by atoms with van der Waals surface area (Å²) in [7, 11) is 0. The van der Waals surface area contributed by atoms with Crippen molar-refractivity contribution in [3.8, 4) is 0 Å². The highest BCUT2D eigenvalue weighted by molar-refractivity contribution is 5.96. The number of carbonyl (C=O) groups is 3. The molecule has 152 valence electrons. The molecule has 6 nitrogen and oxygen atoms in total. The lowest BCUT2D eigenvalue weighted by Gasteiger charge is -2.30. The van der Waals surface area contributed by atoms with Gasteiger partial charge in [-0.1, -0.05) is 31.2 Å². The summed E-state index contributed by atoms with van der Waals surface area (Å²) in [5, 5.41) is 11.9. The molecule has 0 saturated carbocycles. The Morgan fingerprint density at radius 3 is 2.10 bits per heavy atom. The van der Waals surface area contributed by atoms with Crippen LogP contribution in [0, 0.1) is 5.92 Å². The Bertz CT molecular complexity index is 867. The number of carboxylic acids is 1. The summed E-state index contributed by atoms with van der Waals surface area (Å²) in [4.78, 5) is 37.6. The number of anilines is 1. The van der Waals surface area contributed by atoms with Crippen molar-refractivity contribution in [3.63, 3.8) is 0 Å². The van der Waals surface area contributed by atoms with E-state index in [1.165, 1.54) is 5.56 Å². The van der Waals surface area contributed by atoms with Crippen LogP contribution in [-0.4, -0.2) is 40.9 Å². The average molecular weight is 394 g/mol. The van der Waals surface area contributed by atoms with Gasteiger partial charge in [0, 0.05) is 24.3 Å². The van der Waals surface area contributed by atoms with Crippen LogP contribution in [0.2, 0.25) is 0 Å². The molecule has 2 N–H and O–H groups in total. The number of rotatable bonds is 6. The number of amides is 2. The van der Waals surface area contributed by atoms with Gasteiger partial charge >= 0.3 is 5.97 Å². The van der Waals surface area contributed by atoms with Crippen molar-refractivity contribution < 1.29 is 19.5 Å². The summed E-state index contributed by atoms with van der Waals surface area (Å²) in [6.07, 6.45) is 2.22. The summed E-state index contributed by atoms with van der Waals surface area (Å²) in [6, 6.07) is 14.8. The van der Waals surface area contributed by atoms with Gasteiger partial charge in [-0.3, -0.25) is 14.4 Å². The summed E-state index contributed by atoms with van der Waals surface area (Å²) in [5.41, 5.74) is 3.37. The number of hydrogen-bond acceptors (Lipinski definition) is 3. The maximum atomic E-state index is 12.6. The molecule has 0 aromatic heterocycles. The second kappa shape index (κ2) is 9.37. The fraction of sp³-hybridized carbons (Fsp3) is 0.348. The Hall–Kier alpha value is -3.15. The molecule has 1 saturated heterocycles. The first-order chi connectivity index (χ1) is 14.0. The molecule has 0 atom stereocenters. The number of hydrogen-bond donors (Lipinski definition) is 2. The Morgan fingerprint density at radius 2 is 1.55 bits per heavy atom. The lowest BCUT2D eigenvalue weighted by atomic mass is 9.96. The number of nitrogens with one attached hydrogen (secondary N) is 1. The van der Waals surface area contributed by atoms with E-state index in [0.717, 1.165) is 12.0 Å². The monoisotopic (exact) mass is 394 g/mol. The largest absolute Gasteiger partial charge is 0.481 e. The molecule has 0 aliphatic carbocycles. The standard InChI is InChI=1S/C23H26N2O4/c1-2-16-3-5-17(6-4-16)15-21(26)24-20-9-7-18(8-10-20)22(27)25-13-11-19(12-14-25)23(28)29/h3-10,19H,2,11-15H2,1H3,(H,24,26)(H,28,29). The lowest BCUT2D eigenvalue weighted by Crippen LogP contribution is -2.40. The van der Waals surface area contributed by atoms with Crippen LogP contribution in [0.5, 0.6) is 0 Å². The van der Waals surface area contributed by atoms with E-state index in [9.17, 15) is 14.4 Å². The Morgan fingerprint density at radius 1 is 0.966 bits per heavy atom. The topological polar surface area (TPSA) is 86.7 Å². The van der Waals surface area contributed by atoms with Gasteiger partial charge in [0.2, 0.25) is 5.91 Å². The van der Waals surface area contributed by atoms with Gasteiger partial charge in [0.15, 0.2) is 0 Å². The molecule has 0 radical (unpaired) electrons. The molecule has 3 rings (SSSR count). The molecule has 2 amide bonds. The van der Waals surface area contributed by atoms with Crippen molar-refractivity contribution in [2.45, 2.75) is 32.6 Å². The van der Waals surface area contributed by atoms with Gasteiger partial charge in [0.05, 0.1) is 12.3 Å². The lowest BCUT2D eigenvalue weighted by molar-refractivity contribution is -0.143. The van der Waals surface area contributed by atoms with Crippen LogP contribution in [0.15, 0.2) is 48.5 Å². The third-order valence-electron chi connectivity index (χ3n) is 5.34. The van der Waals surface area contributed by atoms with E-state index in [2.05, 4.69) is 12.2 Å². The molecule has 0 unspecified atom stereocenters. The van der Waals surface area contributed by atoms with Crippen LogP contribution in [0.3, 0.4) is 0 Å². The first kappa shape index (κ1) is 20.6. The van der Waals surface area contributed by atoms with Gasteiger partial charge in [-0.15, -0.1) is 0 Å². The number of likely N-dealkylation sites (tertiary alicyclic amines) is 1. The van der Waals surface area contributed by atoms with Crippen molar-refractivity contribution in [3.05, 3.63) is 65.2 Å². The first-order valence-electron chi connectivity index (χ1n) is 9.96. The minimum absolute atomic E-state index is 0.107. The second-order valence-electron chi connectivity index (χ2n) is 7.38. The molecule has 1 aliphatic heterocycles. The fourth-order valence-corrected chi connectivity index (χ4v) is 3.49. The van der Waals surface area contributed by atoms with Crippen LogP contribution in [0.1, 0.15) is 41.3 Å². The SMILES string of the molecule is CCc1ccc(CC(=O)Nc2ccc(C(=O)N3CCC(C(=O)O)CC3)cc2)cc1. The van der Waals surface area contributed by atoms with Gasteiger partial charge < -0.3 is 15.3 Å². The number of piperidine rings is 1. The molecule has 6 heteroatoms. The Labute approximate surface area is 170 Å². The number of carbonyl (C=O) groups excluding carboxylic acids is 2. The predicted octanol–water partition coefficient (Wildman–Crippen LogP) is 3.37. The highest BCUT2D eigenvalue weighted by Crippen LogP contribution is 2.20. The summed E-state index contributed by atoms with van der Waals surface area (Å²) < 4.78 is 0. The van der Waals surface area contributed by atoms with E-state index in [-0.39, 0.29) is 17.7 Å². The van der Waals surface area contributed by atoms with E-state index in [1.807, 2.05) is 24.3 Å². The number of benzene rings is 2. The van der Waals surface area contributed by atoms with Crippen molar-refractivity contribution >= 4 is 23.5 Å². The van der Waals surface area contributed by atoms with Crippen LogP contribution in [-0.2, 0) is 22.4 Å². The van der Waals surface area contributed by atoms with Gasteiger partial charge in [-0.05, 0) is 54.7 Å². The molecule has 0 bridgehead atoms. The number of carboxylic acid groups (broad SMARTS) is 1. The van der Waals surface area contributed by atoms with Crippen molar-refractivity contribution in [1.82, 2.24) is 4.90 Å². The molecular formula is C23H26N2O4. The van der Waals surface area contributed by atoms with Gasteiger partial charge in [0.1, 0.15) is 0 Å².